The fourth-order valence-corrected chi connectivity index (χ4v) is 3.42. The molecule has 1 N–H and O–H groups in total. The van der Waals surface area contributed by atoms with Gasteiger partial charge in [0.2, 0.25) is 0 Å². The third kappa shape index (κ3) is 9.69. The molecule has 0 radical (unpaired) electrons. The van der Waals surface area contributed by atoms with E-state index in [0.29, 0.717) is 25.7 Å². The first-order valence-electron chi connectivity index (χ1n) is 10.1. The third-order valence-electron chi connectivity index (χ3n) is 5.03. The van der Waals surface area contributed by atoms with Gasteiger partial charge < -0.3 is 5.11 Å². The molecule has 0 aliphatic heterocycles. The van der Waals surface area contributed by atoms with Gasteiger partial charge in [-0.15, -0.1) is 0 Å². The molecule has 26 heavy (non-hydrogen) atoms. The lowest BCUT2D eigenvalue weighted by molar-refractivity contribution is -0.137. The number of carboxylic acids is 1. The molecule has 4 heteroatoms. The topological polar surface area (TPSA) is 71.4 Å². The summed E-state index contributed by atoms with van der Waals surface area (Å²) in [6.45, 7) is 2.18. The molecule has 2 unspecified atom stereocenters. The highest BCUT2D eigenvalue weighted by molar-refractivity contribution is 5.90. The first-order chi connectivity index (χ1) is 12.5. The fraction of sp³-hybridized carbons (Fsp3) is 0.682. The zero-order valence-corrected chi connectivity index (χ0v) is 16.1. The maximum Gasteiger partial charge on any atom is 0.303 e. The van der Waals surface area contributed by atoms with Gasteiger partial charge in [0, 0.05) is 25.2 Å². The Morgan fingerprint density at radius 2 is 1.85 bits per heavy atom. The Hall–Kier alpha value is -1.71. The molecule has 0 aromatic heterocycles. The molecule has 0 bridgehead atoms. The Morgan fingerprint density at radius 3 is 2.58 bits per heavy atom. The van der Waals surface area contributed by atoms with Crippen LogP contribution < -0.4 is 0 Å². The van der Waals surface area contributed by atoms with Crippen LogP contribution in [0, 0.1) is 11.8 Å². The summed E-state index contributed by atoms with van der Waals surface area (Å²) in [5, 5.41) is 8.60. The quantitative estimate of drug-likeness (QED) is 0.260. The minimum Gasteiger partial charge on any atom is -0.481 e. The number of Topliss-reactive ketones (excluding diaryl/α,β-unsaturated/α-hetero) is 1. The van der Waals surface area contributed by atoms with Crippen molar-refractivity contribution < 1.29 is 19.5 Å². The van der Waals surface area contributed by atoms with E-state index in [1.807, 2.05) is 18.2 Å². The number of aliphatic carboxylic acids is 1. The van der Waals surface area contributed by atoms with Crippen LogP contribution >= 0.6 is 0 Å². The number of carboxylic acid groups (broad SMARTS) is 1. The average Bonchev–Trinajstić information content (AvgIpc) is 2.95. The number of rotatable bonds is 14. The molecule has 0 aromatic carbocycles. The summed E-state index contributed by atoms with van der Waals surface area (Å²) in [5.41, 5.74) is 0. The van der Waals surface area contributed by atoms with Gasteiger partial charge in [-0.25, -0.2) is 0 Å². The molecule has 1 aliphatic carbocycles. The van der Waals surface area contributed by atoms with Gasteiger partial charge >= 0.3 is 5.97 Å². The molecule has 2 atom stereocenters. The van der Waals surface area contributed by atoms with Crippen LogP contribution in [0.1, 0.15) is 84.0 Å². The number of allylic oxidation sites excluding steroid dienone is 4. The Kier molecular flexibility index (Phi) is 11.6. The van der Waals surface area contributed by atoms with Gasteiger partial charge in [0.15, 0.2) is 5.78 Å². The second kappa shape index (κ2) is 13.5. The van der Waals surface area contributed by atoms with Gasteiger partial charge in [0.25, 0.3) is 0 Å². The molecule has 1 saturated carbocycles. The van der Waals surface area contributed by atoms with Crippen molar-refractivity contribution in [3.05, 3.63) is 24.3 Å². The molecule has 1 aliphatic rings. The molecule has 0 aromatic rings. The zero-order chi connectivity index (χ0) is 19.2. The van der Waals surface area contributed by atoms with Crippen LogP contribution in [-0.4, -0.2) is 22.6 Å². The summed E-state index contributed by atoms with van der Waals surface area (Å²) < 4.78 is 0. The molecular weight excluding hydrogens is 328 g/mol. The number of hydrogen-bond acceptors (Lipinski definition) is 3. The maximum atomic E-state index is 12.1. The minimum absolute atomic E-state index is 0.0284. The van der Waals surface area contributed by atoms with Crippen LogP contribution in [0.15, 0.2) is 24.3 Å². The van der Waals surface area contributed by atoms with Crippen LogP contribution in [0.3, 0.4) is 0 Å². The van der Waals surface area contributed by atoms with Crippen molar-refractivity contribution in [1.82, 2.24) is 0 Å². The molecule has 1 rings (SSSR count). The molecule has 0 amide bonds. The van der Waals surface area contributed by atoms with Gasteiger partial charge in [0.05, 0.1) is 0 Å². The predicted molar refractivity (Wildman–Crippen MR) is 104 cm³/mol. The monoisotopic (exact) mass is 362 g/mol. The van der Waals surface area contributed by atoms with E-state index >= 15 is 0 Å². The van der Waals surface area contributed by atoms with Crippen LogP contribution in [0.5, 0.6) is 0 Å². The van der Waals surface area contributed by atoms with E-state index in [9.17, 15) is 14.4 Å². The summed E-state index contributed by atoms with van der Waals surface area (Å²) in [7, 11) is 0. The average molecular weight is 363 g/mol. The van der Waals surface area contributed by atoms with Gasteiger partial charge in [-0.1, -0.05) is 50.8 Å². The maximum absolute atomic E-state index is 12.1. The second-order valence-corrected chi connectivity index (χ2v) is 7.26. The molecule has 0 heterocycles. The lowest BCUT2D eigenvalue weighted by Crippen LogP contribution is -2.12. The van der Waals surface area contributed by atoms with Crippen molar-refractivity contribution in [2.45, 2.75) is 84.0 Å². The Labute approximate surface area is 157 Å². The smallest absolute Gasteiger partial charge is 0.303 e. The zero-order valence-electron chi connectivity index (χ0n) is 16.1. The second-order valence-electron chi connectivity index (χ2n) is 7.26. The van der Waals surface area contributed by atoms with Crippen LogP contribution in [0.25, 0.3) is 0 Å². The van der Waals surface area contributed by atoms with E-state index in [1.54, 1.807) is 6.08 Å². The van der Waals surface area contributed by atoms with E-state index in [4.69, 9.17) is 5.11 Å². The third-order valence-corrected chi connectivity index (χ3v) is 5.03. The molecule has 0 spiro atoms. The van der Waals surface area contributed by atoms with Crippen LogP contribution in [-0.2, 0) is 14.4 Å². The van der Waals surface area contributed by atoms with Crippen LogP contribution in [0.4, 0.5) is 0 Å². The minimum atomic E-state index is -0.774. The Balaban J connectivity index is 2.32. The number of hydrogen-bond donors (Lipinski definition) is 1. The van der Waals surface area contributed by atoms with Crippen molar-refractivity contribution in [2.75, 3.05) is 0 Å². The number of carbonyl (C=O) groups is 3. The Morgan fingerprint density at radius 1 is 1.08 bits per heavy atom. The highest BCUT2D eigenvalue weighted by Crippen LogP contribution is 2.32. The summed E-state index contributed by atoms with van der Waals surface area (Å²) >= 11 is 0. The van der Waals surface area contributed by atoms with E-state index in [1.165, 1.54) is 19.3 Å². The fourth-order valence-electron chi connectivity index (χ4n) is 3.42. The largest absolute Gasteiger partial charge is 0.481 e. The summed E-state index contributed by atoms with van der Waals surface area (Å²) in [4.78, 5) is 34.5. The highest BCUT2D eigenvalue weighted by atomic mass is 16.4. The first kappa shape index (κ1) is 22.3. The molecule has 1 fully saturated rings. The van der Waals surface area contributed by atoms with Crippen molar-refractivity contribution >= 4 is 17.5 Å². The summed E-state index contributed by atoms with van der Waals surface area (Å²) in [5.74, 6) is -0.190. The Bertz CT molecular complexity index is 504. The summed E-state index contributed by atoms with van der Waals surface area (Å²) in [6, 6.07) is 0. The lowest BCUT2D eigenvalue weighted by Gasteiger charge is -2.12. The highest BCUT2D eigenvalue weighted by Gasteiger charge is 2.31. The number of ketones is 2. The molecular formula is C22H34O4. The van der Waals surface area contributed by atoms with Crippen molar-refractivity contribution in [2.24, 2.45) is 11.8 Å². The van der Waals surface area contributed by atoms with Crippen molar-refractivity contribution in [1.29, 1.82) is 0 Å². The standard InChI is InChI=1S/C22H34O4/c1-2-3-4-5-8-11-19(23)16-14-18-15-17-21(24)20(18)12-9-6-7-10-13-22(25)26/h6,9,14,16,18,20H,2-5,7-8,10-13,15,17H2,1H3,(H,25,26)/b9-6+,16-14+. The van der Waals surface area contributed by atoms with Gasteiger partial charge in [-0.05, 0) is 44.1 Å². The summed E-state index contributed by atoms with van der Waals surface area (Å²) in [6.07, 6.45) is 17.6. The van der Waals surface area contributed by atoms with E-state index in [2.05, 4.69) is 6.92 Å². The van der Waals surface area contributed by atoms with E-state index < -0.39 is 5.97 Å². The predicted octanol–water partition coefficient (Wildman–Crippen LogP) is 5.27. The molecule has 0 saturated heterocycles. The molecule has 4 nitrogen and oxygen atoms in total. The van der Waals surface area contributed by atoms with E-state index in [-0.39, 0.29) is 29.8 Å². The lowest BCUT2D eigenvalue weighted by atomic mass is 9.91. The number of carbonyl (C=O) groups excluding carboxylic acids is 2. The molecule has 146 valence electrons. The van der Waals surface area contributed by atoms with E-state index in [0.717, 1.165) is 25.7 Å². The normalized spacial score (nSPS) is 20.4. The first-order valence-corrected chi connectivity index (χ1v) is 10.1. The number of unbranched alkanes of at least 4 members (excludes halogenated alkanes) is 5. The van der Waals surface area contributed by atoms with Crippen molar-refractivity contribution in [3.8, 4) is 0 Å². The van der Waals surface area contributed by atoms with Gasteiger partial charge in [0.1, 0.15) is 5.78 Å². The van der Waals surface area contributed by atoms with Gasteiger partial charge in [-0.2, -0.15) is 0 Å². The SMILES string of the molecule is CCCCCCCC(=O)/C=C/C1CCC(=O)C1C/C=C/CCCC(=O)O. The van der Waals surface area contributed by atoms with Crippen LogP contribution in [0.2, 0.25) is 0 Å². The van der Waals surface area contributed by atoms with Crippen molar-refractivity contribution in [3.63, 3.8) is 0 Å². The van der Waals surface area contributed by atoms with Gasteiger partial charge in [-0.3, -0.25) is 14.4 Å².